The number of hydroxylamine groups is 1. The van der Waals surface area contributed by atoms with Crippen molar-refractivity contribution in [3.8, 4) is 0 Å². The molecular formula is C5H12N2O3S. The van der Waals surface area contributed by atoms with E-state index in [-0.39, 0.29) is 18.3 Å². The Morgan fingerprint density at radius 2 is 2.36 bits per heavy atom. The highest BCUT2D eigenvalue weighted by Gasteiger charge is 2.29. The van der Waals surface area contributed by atoms with E-state index in [9.17, 15) is 8.42 Å². The fourth-order valence-corrected chi connectivity index (χ4v) is 1.74. The van der Waals surface area contributed by atoms with Crippen LogP contribution in [0.1, 0.15) is 6.92 Å². The summed E-state index contributed by atoms with van der Waals surface area (Å²) in [6, 6.07) is -0.184. The zero-order chi connectivity index (χ0) is 8.48. The van der Waals surface area contributed by atoms with Crippen molar-refractivity contribution in [1.82, 2.24) is 4.47 Å². The predicted molar refractivity (Wildman–Crippen MR) is 40.1 cm³/mol. The molecule has 0 saturated carbocycles. The van der Waals surface area contributed by atoms with Crippen LogP contribution in [-0.2, 0) is 14.9 Å². The van der Waals surface area contributed by atoms with Crippen molar-refractivity contribution in [3.05, 3.63) is 0 Å². The molecule has 1 rings (SSSR count). The molecule has 1 atom stereocenters. The van der Waals surface area contributed by atoms with E-state index in [2.05, 4.69) is 0 Å². The second kappa shape index (κ2) is 3.06. The van der Waals surface area contributed by atoms with Crippen molar-refractivity contribution in [2.45, 2.75) is 13.0 Å². The highest BCUT2D eigenvalue weighted by molar-refractivity contribution is 7.88. The van der Waals surface area contributed by atoms with Gasteiger partial charge in [0.2, 0.25) is 10.0 Å². The summed E-state index contributed by atoms with van der Waals surface area (Å²) in [7, 11) is -3.20. The van der Waals surface area contributed by atoms with E-state index in [0.717, 1.165) is 4.47 Å². The van der Waals surface area contributed by atoms with Crippen LogP contribution in [0.4, 0.5) is 0 Å². The maximum Gasteiger partial charge on any atom is 0.235 e. The predicted octanol–water partition coefficient (Wildman–Crippen LogP) is -1.09. The maximum atomic E-state index is 11.1. The Morgan fingerprint density at radius 3 is 2.73 bits per heavy atom. The molecule has 0 amide bonds. The van der Waals surface area contributed by atoms with Gasteiger partial charge in [-0.1, -0.05) is 4.47 Å². The van der Waals surface area contributed by atoms with Crippen LogP contribution in [0.5, 0.6) is 0 Å². The smallest absolute Gasteiger partial charge is 0.235 e. The SMILES string of the molecule is CCS(=O)(=O)N1C[C@@H](N)CO1. The first-order valence-electron chi connectivity index (χ1n) is 3.45. The number of sulfonamides is 1. The summed E-state index contributed by atoms with van der Waals surface area (Å²) < 4.78 is 23.2. The first-order valence-corrected chi connectivity index (χ1v) is 5.06. The van der Waals surface area contributed by atoms with Gasteiger partial charge in [-0.05, 0) is 6.92 Å². The van der Waals surface area contributed by atoms with Crippen LogP contribution in [0.15, 0.2) is 0 Å². The average molecular weight is 180 g/mol. The van der Waals surface area contributed by atoms with Gasteiger partial charge in [-0.3, -0.25) is 4.84 Å². The molecule has 0 aromatic rings. The topological polar surface area (TPSA) is 72.6 Å². The molecule has 1 aliphatic heterocycles. The van der Waals surface area contributed by atoms with Gasteiger partial charge < -0.3 is 5.73 Å². The molecule has 11 heavy (non-hydrogen) atoms. The van der Waals surface area contributed by atoms with Gasteiger partial charge in [-0.2, -0.15) is 0 Å². The quantitative estimate of drug-likeness (QED) is 0.586. The third-order valence-electron chi connectivity index (χ3n) is 1.49. The largest absolute Gasteiger partial charge is 0.324 e. The molecule has 0 radical (unpaired) electrons. The fraction of sp³-hybridized carbons (Fsp3) is 1.00. The zero-order valence-electron chi connectivity index (χ0n) is 6.36. The number of nitrogens with zero attached hydrogens (tertiary/aromatic N) is 1. The molecule has 5 nitrogen and oxygen atoms in total. The lowest BCUT2D eigenvalue weighted by Crippen LogP contribution is -2.32. The number of rotatable bonds is 2. The molecular weight excluding hydrogens is 168 g/mol. The molecule has 0 bridgehead atoms. The van der Waals surface area contributed by atoms with Crippen molar-refractivity contribution >= 4 is 10.0 Å². The Labute approximate surface area is 66.1 Å². The summed E-state index contributed by atoms with van der Waals surface area (Å²) in [6.07, 6.45) is 0. The van der Waals surface area contributed by atoms with E-state index in [1.54, 1.807) is 6.92 Å². The lowest BCUT2D eigenvalue weighted by atomic mass is 10.4. The highest BCUT2D eigenvalue weighted by atomic mass is 32.2. The Kier molecular flexibility index (Phi) is 2.48. The molecule has 0 aromatic carbocycles. The van der Waals surface area contributed by atoms with Crippen LogP contribution in [-0.4, -0.2) is 37.8 Å². The molecule has 0 aromatic heterocycles. The van der Waals surface area contributed by atoms with Crippen LogP contribution in [0.25, 0.3) is 0 Å². The van der Waals surface area contributed by atoms with Crippen LogP contribution in [0.3, 0.4) is 0 Å². The molecule has 6 heteroatoms. The fourth-order valence-electron chi connectivity index (χ4n) is 0.814. The first kappa shape index (κ1) is 8.92. The maximum absolute atomic E-state index is 11.1. The van der Waals surface area contributed by atoms with Crippen LogP contribution < -0.4 is 5.73 Å². The van der Waals surface area contributed by atoms with E-state index in [1.807, 2.05) is 0 Å². The van der Waals surface area contributed by atoms with Gasteiger partial charge in [0.25, 0.3) is 0 Å². The summed E-state index contributed by atoms with van der Waals surface area (Å²) in [4.78, 5) is 4.84. The van der Waals surface area contributed by atoms with E-state index < -0.39 is 10.0 Å². The minimum absolute atomic E-state index is 0.0553. The number of nitrogens with two attached hydrogens (primary N) is 1. The van der Waals surface area contributed by atoms with Gasteiger partial charge in [0.15, 0.2) is 0 Å². The minimum Gasteiger partial charge on any atom is -0.324 e. The lowest BCUT2D eigenvalue weighted by Gasteiger charge is -2.11. The van der Waals surface area contributed by atoms with Crippen LogP contribution in [0, 0.1) is 0 Å². The van der Waals surface area contributed by atoms with E-state index in [4.69, 9.17) is 10.6 Å². The third kappa shape index (κ3) is 1.90. The Bertz CT molecular complexity index is 226. The summed E-state index contributed by atoms with van der Waals surface area (Å²) in [5.74, 6) is 0.0553. The summed E-state index contributed by atoms with van der Waals surface area (Å²) >= 11 is 0. The van der Waals surface area contributed by atoms with Gasteiger partial charge in [0.05, 0.1) is 18.9 Å². The average Bonchev–Trinajstić information content (AvgIpc) is 2.36. The lowest BCUT2D eigenvalue weighted by molar-refractivity contribution is -0.0286. The van der Waals surface area contributed by atoms with Gasteiger partial charge in [0, 0.05) is 6.04 Å². The summed E-state index contributed by atoms with van der Waals surface area (Å²) in [5.41, 5.74) is 5.45. The van der Waals surface area contributed by atoms with E-state index in [1.165, 1.54) is 0 Å². The second-order valence-electron chi connectivity index (χ2n) is 2.44. The molecule has 1 fully saturated rings. The monoisotopic (exact) mass is 180 g/mol. The van der Waals surface area contributed by atoms with E-state index >= 15 is 0 Å². The Balaban J connectivity index is 2.64. The number of hydrogen-bond acceptors (Lipinski definition) is 4. The Hall–Kier alpha value is -0.170. The van der Waals surface area contributed by atoms with Gasteiger partial charge in [0.1, 0.15) is 0 Å². The summed E-state index contributed by atoms with van der Waals surface area (Å²) in [5, 5.41) is 0. The normalized spacial score (nSPS) is 27.6. The van der Waals surface area contributed by atoms with Gasteiger partial charge >= 0.3 is 0 Å². The summed E-state index contributed by atoms with van der Waals surface area (Å²) in [6.45, 7) is 2.14. The molecule has 0 aliphatic carbocycles. The highest BCUT2D eigenvalue weighted by Crippen LogP contribution is 2.09. The molecule has 1 aliphatic rings. The third-order valence-corrected chi connectivity index (χ3v) is 3.10. The van der Waals surface area contributed by atoms with Crippen molar-refractivity contribution in [2.24, 2.45) is 5.73 Å². The van der Waals surface area contributed by atoms with Gasteiger partial charge in [-0.25, -0.2) is 8.42 Å². The standard InChI is InChI=1S/C5H12N2O3S/c1-2-11(8,9)7-3-5(6)4-10-7/h5H,2-4,6H2,1H3/t5-/m1/s1. The van der Waals surface area contributed by atoms with Crippen molar-refractivity contribution < 1.29 is 13.3 Å². The van der Waals surface area contributed by atoms with Crippen LogP contribution in [0.2, 0.25) is 0 Å². The molecule has 1 heterocycles. The molecule has 0 spiro atoms. The molecule has 0 unspecified atom stereocenters. The molecule has 2 N–H and O–H groups in total. The molecule has 1 saturated heterocycles. The van der Waals surface area contributed by atoms with E-state index in [0.29, 0.717) is 6.61 Å². The van der Waals surface area contributed by atoms with Crippen molar-refractivity contribution in [1.29, 1.82) is 0 Å². The zero-order valence-corrected chi connectivity index (χ0v) is 7.17. The first-order chi connectivity index (χ1) is 5.06. The minimum atomic E-state index is -3.20. The van der Waals surface area contributed by atoms with Gasteiger partial charge in [-0.15, -0.1) is 0 Å². The molecule has 66 valence electrons. The van der Waals surface area contributed by atoms with Crippen molar-refractivity contribution in [2.75, 3.05) is 18.9 Å². The van der Waals surface area contributed by atoms with Crippen molar-refractivity contribution in [3.63, 3.8) is 0 Å². The number of hydrogen-bond donors (Lipinski definition) is 1. The Morgan fingerprint density at radius 1 is 1.73 bits per heavy atom. The second-order valence-corrected chi connectivity index (χ2v) is 4.59. The van der Waals surface area contributed by atoms with Crippen LogP contribution >= 0.6 is 0 Å².